The van der Waals surface area contributed by atoms with Crippen molar-refractivity contribution in [2.24, 2.45) is 5.73 Å². The molecule has 4 N–H and O–H groups in total. The van der Waals surface area contributed by atoms with Crippen LogP contribution in [0.2, 0.25) is 0 Å². The predicted octanol–water partition coefficient (Wildman–Crippen LogP) is 3.25. The van der Waals surface area contributed by atoms with Crippen LogP contribution in [-0.2, 0) is 0 Å². The molecule has 31 heavy (non-hydrogen) atoms. The molecular weight excluding hydrogens is 394 g/mol. The van der Waals surface area contributed by atoms with Crippen LogP contribution in [0.5, 0.6) is 11.5 Å². The van der Waals surface area contributed by atoms with Gasteiger partial charge in [0.2, 0.25) is 5.91 Å². The first-order valence-corrected chi connectivity index (χ1v) is 9.14. The van der Waals surface area contributed by atoms with E-state index >= 15 is 0 Å². The predicted molar refractivity (Wildman–Crippen MR) is 113 cm³/mol. The van der Waals surface area contributed by atoms with Crippen LogP contribution >= 0.6 is 0 Å². The third-order valence-corrected chi connectivity index (χ3v) is 4.53. The van der Waals surface area contributed by atoms with Crippen molar-refractivity contribution >= 4 is 5.91 Å². The van der Waals surface area contributed by atoms with Crippen LogP contribution in [0, 0.1) is 11.3 Å². The van der Waals surface area contributed by atoms with Crippen LogP contribution in [0.1, 0.15) is 15.9 Å². The smallest absolute Gasteiger partial charge is 0.248 e. The molecule has 1 heterocycles. The highest BCUT2D eigenvalue weighted by molar-refractivity contribution is 5.94. The van der Waals surface area contributed by atoms with Gasteiger partial charge in [0.25, 0.3) is 0 Å². The molecule has 4 aromatic rings. The number of aromatic hydroxyl groups is 2. The van der Waals surface area contributed by atoms with Gasteiger partial charge in [-0.1, -0.05) is 24.3 Å². The molecule has 3 aromatic carbocycles. The summed E-state index contributed by atoms with van der Waals surface area (Å²) in [6.45, 7) is 0. The van der Waals surface area contributed by atoms with Crippen LogP contribution in [0.15, 0.2) is 66.7 Å². The number of carbonyl (C=O) groups is 1. The molecule has 0 aliphatic carbocycles. The highest BCUT2D eigenvalue weighted by Gasteiger charge is 2.17. The maximum atomic E-state index is 11.7. The first-order chi connectivity index (χ1) is 15.0. The Morgan fingerprint density at radius 2 is 1.32 bits per heavy atom. The number of aromatic nitrogens is 3. The summed E-state index contributed by atoms with van der Waals surface area (Å²) in [5.74, 6) is -0.313. The van der Waals surface area contributed by atoms with Crippen LogP contribution < -0.4 is 5.73 Å². The van der Waals surface area contributed by atoms with Crippen molar-refractivity contribution in [3.05, 3.63) is 77.9 Å². The zero-order chi connectivity index (χ0) is 22.0. The summed E-state index contributed by atoms with van der Waals surface area (Å²) < 4.78 is 0. The lowest BCUT2D eigenvalue weighted by Crippen LogP contribution is -2.11. The third-order valence-electron chi connectivity index (χ3n) is 4.53. The van der Waals surface area contributed by atoms with Gasteiger partial charge in [-0.15, -0.1) is 0 Å². The lowest BCUT2D eigenvalue weighted by molar-refractivity contribution is 0.100. The molecule has 0 spiro atoms. The quantitative estimate of drug-likeness (QED) is 0.469. The summed E-state index contributed by atoms with van der Waals surface area (Å²) in [5.41, 5.74) is 6.81. The minimum absolute atomic E-state index is 0.0357. The molecule has 1 amide bonds. The number of hydrogen-bond acceptors (Lipinski definition) is 7. The normalized spacial score (nSPS) is 10.4. The highest BCUT2D eigenvalue weighted by Crippen LogP contribution is 2.32. The number of nitriles is 1. The van der Waals surface area contributed by atoms with Gasteiger partial charge in [-0.25, -0.2) is 15.0 Å². The molecule has 0 aliphatic heterocycles. The van der Waals surface area contributed by atoms with E-state index in [1.807, 2.05) is 6.07 Å². The van der Waals surface area contributed by atoms with E-state index < -0.39 is 5.91 Å². The molecule has 0 saturated carbocycles. The Bertz CT molecular complexity index is 1300. The number of nitrogens with zero attached hydrogens (tertiary/aromatic N) is 4. The maximum Gasteiger partial charge on any atom is 0.248 e. The lowest BCUT2D eigenvalue weighted by Gasteiger charge is -2.10. The molecule has 8 heteroatoms. The summed E-state index contributed by atoms with van der Waals surface area (Å²) in [6, 6.07) is 19.4. The highest BCUT2D eigenvalue weighted by atomic mass is 16.3. The number of primary amides is 1. The van der Waals surface area contributed by atoms with Gasteiger partial charge in [-0.3, -0.25) is 4.79 Å². The number of nitrogens with two attached hydrogens (primary N) is 1. The van der Waals surface area contributed by atoms with E-state index in [9.17, 15) is 20.3 Å². The van der Waals surface area contributed by atoms with E-state index in [0.717, 1.165) is 0 Å². The standard InChI is InChI=1S/C23H15N5O3/c24-12-13-9-14(20(25)31)11-15(10-13)21-26-22(16-5-1-3-7-18(16)29)28-23(27-21)17-6-2-4-8-19(17)30/h1-11,29-30H,(H2,25,31). The average Bonchev–Trinajstić information content (AvgIpc) is 2.79. The number of hydrogen-bond donors (Lipinski definition) is 3. The van der Waals surface area contributed by atoms with Crippen LogP contribution in [0.25, 0.3) is 34.2 Å². The average molecular weight is 409 g/mol. The molecule has 0 fully saturated rings. The third kappa shape index (κ3) is 3.88. The fraction of sp³-hybridized carbons (Fsp3) is 0. The number of para-hydroxylation sites is 2. The Kier molecular flexibility index (Phi) is 5.00. The molecule has 0 saturated heterocycles. The van der Waals surface area contributed by atoms with E-state index in [0.29, 0.717) is 16.7 Å². The van der Waals surface area contributed by atoms with E-state index in [1.165, 1.54) is 30.3 Å². The summed E-state index contributed by atoms with van der Waals surface area (Å²) in [6.07, 6.45) is 0. The number of benzene rings is 3. The van der Waals surface area contributed by atoms with Crippen molar-refractivity contribution in [2.45, 2.75) is 0 Å². The minimum Gasteiger partial charge on any atom is -0.507 e. The molecule has 0 atom stereocenters. The van der Waals surface area contributed by atoms with Gasteiger partial charge in [0.1, 0.15) is 11.5 Å². The van der Waals surface area contributed by atoms with Crippen LogP contribution in [0.3, 0.4) is 0 Å². The summed E-state index contributed by atoms with van der Waals surface area (Å²) in [4.78, 5) is 25.0. The largest absolute Gasteiger partial charge is 0.507 e. The van der Waals surface area contributed by atoms with Gasteiger partial charge < -0.3 is 15.9 Å². The van der Waals surface area contributed by atoms with Crippen molar-refractivity contribution in [3.63, 3.8) is 0 Å². The molecule has 0 unspecified atom stereocenters. The van der Waals surface area contributed by atoms with Crippen LogP contribution in [0.4, 0.5) is 0 Å². The molecule has 0 aliphatic rings. The SMILES string of the molecule is N#Cc1cc(C(N)=O)cc(-c2nc(-c3ccccc3O)nc(-c3ccccc3O)n2)c1. The molecule has 8 nitrogen and oxygen atoms in total. The van der Waals surface area contributed by atoms with E-state index in [1.54, 1.807) is 36.4 Å². The Morgan fingerprint density at radius 3 is 1.81 bits per heavy atom. The minimum atomic E-state index is -0.700. The van der Waals surface area contributed by atoms with E-state index in [2.05, 4.69) is 15.0 Å². The van der Waals surface area contributed by atoms with E-state index in [-0.39, 0.29) is 40.1 Å². The molecule has 1 aromatic heterocycles. The van der Waals surface area contributed by atoms with Crippen molar-refractivity contribution in [1.82, 2.24) is 15.0 Å². The molecule has 0 bridgehead atoms. The van der Waals surface area contributed by atoms with Gasteiger partial charge in [-0.2, -0.15) is 5.26 Å². The Labute approximate surface area is 176 Å². The van der Waals surface area contributed by atoms with Crippen molar-refractivity contribution in [1.29, 1.82) is 5.26 Å². The number of amides is 1. The van der Waals surface area contributed by atoms with Crippen molar-refractivity contribution < 1.29 is 15.0 Å². The Hall–Kier alpha value is -4.77. The lowest BCUT2D eigenvalue weighted by atomic mass is 10.0. The molecule has 150 valence electrons. The van der Waals surface area contributed by atoms with Gasteiger partial charge in [0, 0.05) is 11.1 Å². The number of phenolic OH excluding ortho intramolecular Hbond substituents is 2. The van der Waals surface area contributed by atoms with Crippen molar-refractivity contribution in [3.8, 4) is 51.7 Å². The first-order valence-electron chi connectivity index (χ1n) is 9.14. The van der Waals surface area contributed by atoms with Crippen molar-refractivity contribution in [2.75, 3.05) is 0 Å². The topological polar surface area (TPSA) is 146 Å². The van der Waals surface area contributed by atoms with Gasteiger partial charge in [0.05, 0.1) is 22.8 Å². The Morgan fingerprint density at radius 1 is 0.806 bits per heavy atom. The summed E-state index contributed by atoms with van der Waals surface area (Å²) in [7, 11) is 0. The second kappa shape index (κ2) is 7.93. The first kappa shape index (κ1) is 19.5. The zero-order valence-corrected chi connectivity index (χ0v) is 16.0. The molecule has 4 rings (SSSR count). The molecule has 0 radical (unpaired) electrons. The summed E-state index contributed by atoms with van der Waals surface area (Å²) >= 11 is 0. The van der Waals surface area contributed by atoms with E-state index in [4.69, 9.17) is 5.73 Å². The van der Waals surface area contributed by atoms with Gasteiger partial charge in [0.15, 0.2) is 17.5 Å². The second-order valence-corrected chi connectivity index (χ2v) is 6.62. The fourth-order valence-electron chi connectivity index (χ4n) is 3.03. The zero-order valence-electron chi connectivity index (χ0n) is 16.0. The maximum absolute atomic E-state index is 11.7. The molecular formula is C23H15N5O3. The van der Waals surface area contributed by atoms with Crippen LogP contribution in [-0.4, -0.2) is 31.1 Å². The number of carbonyl (C=O) groups excluding carboxylic acids is 1. The fourth-order valence-corrected chi connectivity index (χ4v) is 3.03. The van der Waals surface area contributed by atoms with Gasteiger partial charge >= 0.3 is 0 Å². The second-order valence-electron chi connectivity index (χ2n) is 6.62. The number of phenols is 2. The van der Waals surface area contributed by atoms with Gasteiger partial charge in [-0.05, 0) is 42.5 Å². The monoisotopic (exact) mass is 409 g/mol. The Balaban J connectivity index is 2.00. The summed E-state index contributed by atoms with van der Waals surface area (Å²) in [5, 5.41) is 29.9. The number of rotatable bonds is 4.